The molecule has 3 rings (SSSR count). The van der Waals surface area contributed by atoms with E-state index in [2.05, 4.69) is 9.97 Å². The van der Waals surface area contributed by atoms with Crippen molar-refractivity contribution in [3.05, 3.63) is 57.3 Å². The van der Waals surface area contributed by atoms with Gasteiger partial charge in [0.2, 0.25) is 0 Å². The zero-order valence-corrected chi connectivity index (χ0v) is 12.6. The molecular weight excluding hydrogens is 296 g/mol. The Labute approximate surface area is 130 Å². The zero-order chi connectivity index (χ0) is 15.7. The number of H-pyrrole nitrogens is 1. The summed E-state index contributed by atoms with van der Waals surface area (Å²) in [6.07, 6.45) is 0. The molecule has 0 aliphatic carbocycles. The lowest BCUT2D eigenvalue weighted by atomic mass is 10.1. The first-order chi connectivity index (χ1) is 10.6. The first kappa shape index (κ1) is 14.0. The Hall–Kier alpha value is -2.91. The van der Waals surface area contributed by atoms with E-state index in [4.69, 9.17) is 11.0 Å². The van der Waals surface area contributed by atoms with Crippen LogP contribution >= 0.6 is 11.3 Å². The second-order valence-electron chi connectivity index (χ2n) is 4.79. The van der Waals surface area contributed by atoms with Crippen LogP contribution in [0.5, 0.6) is 0 Å². The molecule has 0 unspecified atom stereocenters. The van der Waals surface area contributed by atoms with Crippen molar-refractivity contribution in [1.82, 2.24) is 9.97 Å². The van der Waals surface area contributed by atoms with Gasteiger partial charge in [-0.15, -0.1) is 11.3 Å². The molecule has 0 aliphatic heterocycles. The van der Waals surface area contributed by atoms with Gasteiger partial charge in [0.25, 0.3) is 5.56 Å². The van der Waals surface area contributed by atoms with E-state index in [1.807, 2.05) is 35.7 Å². The first-order valence-corrected chi connectivity index (χ1v) is 7.43. The van der Waals surface area contributed by atoms with E-state index in [0.29, 0.717) is 17.1 Å². The summed E-state index contributed by atoms with van der Waals surface area (Å²) < 4.78 is 0. The van der Waals surface area contributed by atoms with Gasteiger partial charge in [-0.2, -0.15) is 5.26 Å². The minimum absolute atomic E-state index is 0.0781. The van der Waals surface area contributed by atoms with Crippen molar-refractivity contribution in [2.24, 2.45) is 0 Å². The molecule has 3 N–H and O–H groups in total. The number of anilines is 1. The molecule has 0 fully saturated rings. The second kappa shape index (κ2) is 5.47. The van der Waals surface area contributed by atoms with Gasteiger partial charge in [0.15, 0.2) is 0 Å². The molecule has 0 bridgehead atoms. The van der Waals surface area contributed by atoms with Crippen LogP contribution in [0.15, 0.2) is 40.5 Å². The zero-order valence-electron chi connectivity index (χ0n) is 11.8. The van der Waals surface area contributed by atoms with Crippen LogP contribution in [0.3, 0.4) is 0 Å². The van der Waals surface area contributed by atoms with Crippen molar-refractivity contribution >= 4 is 17.0 Å². The van der Waals surface area contributed by atoms with Gasteiger partial charge in [0.05, 0.1) is 5.69 Å². The van der Waals surface area contributed by atoms with Crippen LogP contribution < -0.4 is 11.3 Å². The Morgan fingerprint density at radius 3 is 2.82 bits per heavy atom. The van der Waals surface area contributed by atoms with E-state index in [1.165, 1.54) is 11.3 Å². The lowest BCUT2D eigenvalue weighted by Crippen LogP contribution is -2.11. The number of nitrogens with one attached hydrogen (secondary N) is 1. The smallest absolute Gasteiger partial charge is 0.266 e. The van der Waals surface area contributed by atoms with Gasteiger partial charge in [-0.25, -0.2) is 4.98 Å². The molecule has 6 heteroatoms. The summed E-state index contributed by atoms with van der Waals surface area (Å²) in [5.41, 5.74) is 9.35. The van der Waals surface area contributed by atoms with Crippen LogP contribution in [0.25, 0.3) is 21.8 Å². The van der Waals surface area contributed by atoms with Crippen molar-refractivity contribution in [3.63, 3.8) is 0 Å². The van der Waals surface area contributed by atoms with E-state index < -0.39 is 0 Å². The highest BCUT2D eigenvalue weighted by molar-refractivity contribution is 7.13. The molecule has 0 spiro atoms. The van der Waals surface area contributed by atoms with Crippen LogP contribution in [0.1, 0.15) is 11.3 Å². The molecule has 0 saturated heterocycles. The summed E-state index contributed by atoms with van der Waals surface area (Å²) in [7, 11) is 0. The molecule has 3 aromatic rings. The van der Waals surface area contributed by atoms with Crippen molar-refractivity contribution in [2.75, 3.05) is 5.73 Å². The van der Waals surface area contributed by atoms with Crippen LogP contribution in [-0.2, 0) is 0 Å². The van der Waals surface area contributed by atoms with Crippen LogP contribution in [-0.4, -0.2) is 9.97 Å². The van der Waals surface area contributed by atoms with Gasteiger partial charge in [0, 0.05) is 27.9 Å². The normalized spacial score (nSPS) is 10.4. The average molecular weight is 308 g/mol. The van der Waals surface area contributed by atoms with Gasteiger partial charge in [-0.3, -0.25) is 4.79 Å². The maximum Gasteiger partial charge on any atom is 0.266 e. The van der Waals surface area contributed by atoms with E-state index >= 15 is 0 Å². The monoisotopic (exact) mass is 308 g/mol. The quantitative estimate of drug-likeness (QED) is 0.711. The number of hydrogen-bond acceptors (Lipinski definition) is 5. The number of aryl methyl sites for hydroxylation is 1. The summed E-state index contributed by atoms with van der Waals surface area (Å²) in [4.78, 5) is 18.9. The lowest BCUT2D eigenvalue weighted by molar-refractivity contribution is 1.13. The number of aromatic amines is 1. The number of pyridine rings is 1. The third-order valence-electron chi connectivity index (χ3n) is 3.33. The summed E-state index contributed by atoms with van der Waals surface area (Å²) in [6.45, 7) is 1.79. The molecule has 22 heavy (non-hydrogen) atoms. The highest BCUT2D eigenvalue weighted by Gasteiger charge is 2.13. The number of hydrogen-bond donors (Lipinski definition) is 2. The minimum atomic E-state index is -0.383. The Kier molecular flexibility index (Phi) is 3.49. The lowest BCUT2D eigenvalue weighted by Gasteiger charge is -2.03. The number of nitrogen functional groups attached to an aromatic ring is 1. The Balaban J connectivity index is 2.11. The van der Waals surface area contributed by atoms with Crippen molar-refractivity contribution in [2.45, 2.75) is 6.92 Å². The summed E-state index contributed by atoms with van der Waals surface area (Å²) in [5.74, 6) is 0. The highest BCUT2D eigenvalue weighted by atomic mass is 32.1. The van der Waals surface area contributed by atoms with E-state index in [9.17, 15) is 4.79 Å². The maximum absolute atomic E-state index is 11.6. The topological polar surface area (TPSA) is 95.6 Å². The fourth-order valence-electron chi connectivity index (χ4n) is 2.19. The predicted molar refractivity (Wildman–Crippen MR) is 87.5 cm³/mol. The van der Waals surface area contributed by atoms with Crippen LogP contribution in [0, 0.1) is 18.3 Å². The number of nitrogens with zero attached hydrogens (tertiary/aromatic N) is 2. The summed E-state index contributed by atoms with van der Waals surface area (Å²) >= 11 is 1.47. The van der Waals surface area contributed by atoms with Crippen LogP contribution in [0.4, 0.5) is 5.69 Å². The Bertz CT molecular complexity index is 949. The molecule has 0 radical (unpaired) electrons. The summed E-state index contributed by atoms with van der Waals surface area (Å²) in [6, 6.07) is 11.0. The van der Waals surface area contributed by atoms with Gasteiger partial charge in [-0.1, -0.05) is 12.1 Å². The SMILES string of the molecule is Cc1[nH]c(=O)c(C#N)cc1-c1csc(-c2ccccc2N)n1. The van der Waals surface area contributed by atoms with Gasteiger partial charge in [0.1, 0.15) is 16.6 Å². The fraction of sp³-hybridized carbons (Fsp3) is 0.0625. The maximum atomic E-state index is 11.6. The molecule has 5 nitrogen and oxygen atoms in total. The van der Waals surface area contributed by atoms with E-state index in [-0.39, 0.29) is 11.1 Å². The van der Waals surface area contributed by atoms with Gasteiger partial charge < -0.3 is 10.7 Å². The van der Waals surface area contributed by atoms with Gasteiger partial charge in [-0.05, 0) is 25.1 Å². The number of rotatable bonds is 2. The van der Waals surface area contributed by atoms with Crippen molar-refractivity contribution < 1.29 is 0 Å². The minimum Gasteiger partial charge on any atom is -0.398 e. The Morgan fingerprint density at radius 1 is 1.32 bits per heavy atom. The van der Waals surface area contributed by atoms with Gasteiger partial charge >= 0.3 is 0 Å². The van der Waals surface area contributed by atoms with Crippen molar-refractivity contribution in [3.8, 4) is 27.9 Å². The fourth-order valence-corrected chi connectivity index (χ4v) is 3.05. The molecular formula is C16H12N4OS. The second-order valence-corrected chi connectivity index (χ2v) is 5.65. The number of aromatic nitrogens is 2. The molecule has 108 valence electrons. The molecule has 0 amide bonds. The third kappa shape index (κ3) is 2.38. The number of thiazole rings is 1. The summed E-state index contributed by atoms with van der Waals surface area (Å²) in [5, 5.41) is 11.7. The van der Waals surface area contributed by atoms with E-state index in [0.717, 1.165) is 16.1 Å². The number of nitriles is 1. The number of benzene rings is 1. The first-order valence-electron chi connectivity index (χ1n) is 6.55. The third-order valence-corrected chi connectivity index (χ3v) is 4.21. The molecule has 2 aromatic heterocycles. The largest absolute Gasteiger partial charge is 0.398 e. The molecule has 1 aromatic carbocycles. The van der Waals surface area contributed by atoms with Crippen molar-refractivity contribution in [1.29, 1.82) is 5.26 Å². The number of para-hydroxylation sites is 1. The molecule has 2 heterocycles. The van der Waals surface area contributed by atoms with Crippen LogP contribution in [0.2, 0.25) is 0 Å². The van der Waals surface area contributed by atoms with E-state index in [1.54, 1.807) is 13.0 Å². The highest BCUT2D eigenvalue weighted by Crippen LogP contribution is 2.32. The molecule has 0 atom stereocenters. The molecule has 0 saturated carbocycles. The standard InChI is InChI=1S/C16H12N4OS/c1-9-12(6-10(7-17)15(21)19-9)14-8-22-16(20-14)11-4-2-3-5-13(11)18/h2-6,8H,18H2,1H3,(H,19,21). The Morgan fingerprint density at radius 2 is 2.09 bits per heavy atom. The predicted octanol–water partition coefficient (Wildman–Crippen LogP) is 2.93. The number of nitrogens with two attached hydrogens (primary N) is 1. The molecule has 0 aliphatic rings. The average Bonchev–Trinajstić information content (AvgIpc) is 2.97.